The van der Waals surface area contributed by atoms with Gasteiger partial charge in [-0.25, -0.2) is 4.79 Å². The molecule has 0 aliphatic carbocycles. The molecule has 2 rings (SSSR count). The Balaban J connectivity index is 1.94. The van der Waals surface area contributed by atoms with Crippen LogP contribution in [0.2, 0.25) is 0 Å². The SMILES string of the molecule is CCC1(C(=O)O)CCCN(C(=O)NCc2cnn(C)c2)C1. The molecule has 1 saturated heterocycles. The second-order valence-electron chi connectivity index (χ2n) is 5.65. The van der Waals surface area contributed by atoms with Gasteiger partial charge in [-0.1, -0.05) is 6.92 Å². The zero-order valence-corrected chi connectivity index (χ0v) is 12.5. The highest BCUT2D eigenvalue weighted by Gasteiger charge is 2.42. The van der Waals surface area contributed by atoms with Crippen molar-refractivity contribution in [1.82, 2.24) is 20.0 Å². The van der Waals surface area contributed by atoms with Crippen molar-refractivity contribution in [2.24, 2.45) is 12.5 Å². The van der Waals surface area contributed by atoms with E-state index in [9.17, 15) is 14.7 Å². The Morgan fingerprint density at radius 3 is 2.86 bits per heavy atom. The summed E-state index contributed by atoms with van der Waals surface area (Å²) >= 11 is 0. The molecule has 2 amide bonds. The standard InChI is InChI=1S/C14H22N4O3/c1-3-14(12(19)20)5-4-6-18(10-14)13(21)15-7-11-8-16-17(2)9-11/h8-9H,3-7,10H2,1-2H3,(H,15,21)(H,19,20). The average molecular weight is 294 g/mol. The van der Waals surface area contributed by atoms with Gasteiger partial charge in [-0.2, -0.15) is 5.10 Å². The molecule has 7 nitrogen and oxygen atoms in total. The van der Waals surface area contributed by atoms with E-state index >= 15 is 0 Å². The Bertz CT molecular complexity index is 528. The number of urea groups is 1. The van der Waals surface area contributed by atoms with Gasteiger partial charge in [0.05, 0.1) is 11.6 Å². The van der Waals surface area contributed by atoms with E-state index < -0.39 is 11.4 Å². The molecule has 1 fully saturated rings. The van der Waals surface area contributed by atoms with Gasteiger partial charge in [0.1, 0.15) is 0 Å². The Morgan fingerprint density at radius 2 is 2.29 bits per heavy atom. The van der Waals surface area contributed by atoms with Gasteiger partial charge in [0.25, 0.3) is 0 Å². The maximum Gasteiger partial charge on any atom is 0.317 e. The number of nitrogens with one attached hydrogen (secondary N) is 1. The van der Waals surface area contributed by atoms with Gasteiger partial charge >= 0.3 is 12.0 Å². The zero-order valence-electron chi connectivity index (χ0n) is 12.5. The topological polar surface area (TPSA) is 87.5 Å². The van der Waals surface area contributed by atoms with Crippen LogP contribution in [-0.2, 0) is 18.4 Å². The van der Waals surface area contributed by atoms with Crippen LogP contribution in [-0.4, -0.2) is 44.9 Å². The number of carboxylic acid groups (broad SMARTS) is 1. The maximum atomic E-state index is 12.2. The fourth-order valence-corrected chi connectivity index (χ4v) is 2.77. The van der Waals surface area contributed by atoms with Crippen molar-refractivity contribution in [3.8, 4) is 0 Å². The Hall–Kier alpha value is -2.05. The second kappa shape index (κ2) is 6.15. The largest absolute Gasteiger partial charge is 0.481 e. The third-order valence-corrected chi connectivity index (χ3v) is 4.20. The van der Waals surface area contributed by atoms with E-state index in [1.807, 2.05) is 20.2 Å². The molecule has 1 aliphatic heterocycles. The van der Waals surface area contributed by atoms with E-state index in [4.69, 9.17) is 0 Å². The molecule has 116 valence electrons. The van der Waals surface area contributed by atoms with Crippen LogP contribution < -0.4 is 5.32 Å². The van der Waals surface area contributed by atoms with E-state index in [2.05, 4.69) is 10.4 Å². The lowest BCUT2D eigenvalue weighted by molar-refractivity contribution is -0.152. The van der Waals surface area contributed by atoms with Crippen molar-refractivity contribution >= 4 is 12.0 Å². The van der Waals surface area contributed by atoms with Crippen LogP contribution in [0.5, 0.6) is 0 Å². The highest BCUT2D eigenvalue weighted by atomic mass is 16.4. The summed E-state index contributed by atoms with van der Waals surface area (Å²) in [5.74, 6) is -0.810. The fraction of sp³-hybridized carbons (Fsp3) is 0.643. The highest BCUT2D eigenvalue weighted by molar-refractivity contribution is 5.78. The Morgan fingerprint density at radius 1 is 1.52 bits per heavy atom. The zero-order chi connectivity index (χ0) is 15.5. The number of nitrogens with zero attached hydrogens (tertiary/aromatic N) is 3. The first-order valence-electron chi connectivity index (χ1n) is 7.20. The molecule has 1 aliphatic rings. The molecule has 2 heterocycles. The minimum atomic E-state index is -0.810. The van der Waals surface area contributed by atoms with E-state index in [-0.39, 0.29) is 12.6 Å². The van der Waals surface area contributed by atoms with Crippen LogP contribution in [0.1, 0.15) is 31.7 Å². The molecule has 1 aromatic heterocycles. The monoisotopic (exact) mass is 294 g/mol. The summed E-state index contributed by atoms with van der Waals surface area (Å²) in [7, 11) is 1.82. The molecule has 0 aromatic carbocycles. The molecule has 7 heteroatoms. The van der Waals surface area contributed by atoms with Crippen molar-refractivity contribution in [3.63, 3.8) is 0 Å². The van der Waals surface area contributed by atoms with Gasteiger partial charge in [0.2, 0.25) is 0 Å². The number of aliphatic carboxylic acids is 1. The Labute approximate surface area is 123 Å². The van der Waals surface area contributed by atoms with Crippen LogP contribution in [0, 0.1) is 5.41 Å². The lowest BCUT2D eigenvalue weighted by Gasteiger charge is -2.39. The first kappa shape index (κ1) is 15.3. The summed E-state index contributed by atoms with van der Waals surface area (Å²) in [6.45, 7) is 3.14. The smallest absolute Gasteiger partial charge is 0.317 e. The lowest BCUT2D eigenvalue weighted by Crippen LogP contribution is -2.52. The van der Waals surface area contributed by atoms with Crippen molar-refractivity contribution in [1.29, 1.82) is 0 Å². The summed E-state index contributed by atoms with van der Waals surface area (Å²) < 4.78 is 1.68. The van der Waals surface area contributed by atoms with Crippen LogP contribution >= 0.6 is 0 Å². The molecule has 0 saturated carbocycles. The van der Waals surface area contributed by atoms with Crippen molar-refractivity contribution in [3.05, 3.63) is 18.0 Å². The number of piperidine rings is 1. The number of carbonyl (C=O) groups excluding carboxylic acids is 1. The molecule has 0 bridgehead atoms. The summed E-state index contributed by atoms with van der Waals surface area (Å²) in [6, 6.07) is -0.211. The quantitative estimate of drug-likeness (QED) is 0.873. The number of hydrogen-bond acceptors (Lipinski definition) is 3. The Kier molecular flexibility index (Phi) is 4.50. The van der Waals surface area contributed by atoms with Gasteiger partial charge < -0.3 is 15.3 Å². The summed E-state index contributed by atoms with van der Waals surface area (Å²) in [5, 5.41) is 16.3. The minimum Gasteiger partial charge on any atom is -0.481 e. The number of carboxylic acids is 1. The predicted molar refractivity (Wildman–Crippen MR) is 76.6 cm³/mol. The number of aryl methyl sites for hydroxylation is 1. The second-order valence-corrected chi connectivity index (χ2v) is 5.65. The molecule has 2 N–H and O–H groups in total. The number of hydrogen-bond donors (Lipinski definition) is 2. The normalized spacial score (nSPS) is 22.1. The number of amides is 2. The van der Waals surface area contributed by atoms with E-state index in [0.29, 0.717) is 25.9 Å². The molecule has 21 heavy (non-hydrogen) atoms. The molecular formula is C14H22N4O3. The van der Waals surface area contributed by atoms with Gasteiger partial charge in [-0.3, -0.25) is 9.48 Å². The number of likely N-dealkylation sites (tertiary alicyclic amines) is 1. The number of aromatic nitrogens is 2. The van der Waals surface area contributed by atoms with Crippen LogP contribution in [0.25, 0.3) is 0 Å². The first-order valence-corrected chi connectivity index (χ1v) is 7.20. The van der Waals surface area contributed by atoms with Crippen LogP contribution in [0.4, 0.5) is 4.79 Å². The third-order valence-electron chi connectivity index (χ3n) is 4.20. The van der Waals surface area contributed by atoms with E-state index in [0.717, 1.165) is 12.0 Å². The summed E-state index contributed by atoms with van der Waals surface area (Å²) in [6.07, 6.45) is 5.43. The maximum absolute atomic E-state index is 12.2. The first-order chi connectivity index (χ1) is 9.97. The van der Waals surface area contributed by atoms with Gasteiger partial charge in [0.15, 0.2) is 0 Å². The van der Waals surface area contributed by atoms with Crippen LogP contribution in [0.15, 0.2) is 12.4 Å². The van der Waals surface area contributed by atoms with E-state index in [1.165, 1.54) is 0 Å². The molecule has 1 aromatic rings. The van der Waals surface area contributed by atoms with E-state index in [1.54, 1.807) is 15.8 Å². The van der Waals surface area contributed by atoms with Crippen molar-refractivity contribution in [2.45, 2.75) is 32.7 Å². The minimum absolute atomic E-state index is 0.211. The predicted octanol–water partition coefficient (Wildman–Crippen LogP) is 1.21. The molecular weight excluding hydrogens is 272 g/mol. The number of carbonyl (C=O) groups is 2. The van der Waals surface area contributed by atoms with Crippen molar-refractivity contribution < 1.29 is 14.7 Å². The average Bonchev–Trinajstić information content (AvgIpc) is 2.90. The van der Waals surface area contributed by atoms with Crippen LogP contribution in [0.3, 0.4) is 0 Å². The van der Waals surface area contributed by atoms with Gasteiger partial charge in [0, 0.05) is 38.4 Å². The molecule has 0 spiro atoms. The van der Waals surface area contributed by atoms with Crippen molar-refractivity contribution in [2.75, 3.05) is 13.1 Å². The summed E-state index contributed by atoms with van der Waals surface area (Å²) in [5.41, 5.74) is 0.118. The molecule has 1 unspecified atom stereocenters. The third kappa shape index (κ3) is 3.34. The van der Waals surface area contributed by atoms with Gasteiger partial charge in [-0.05, 0) is 19.3 Å². The lowest BCUT2D eigenvalue weighted by atomic mass is 9.78. The van der Waals surface area contributed by atoms with Gasteiger partial charge in [-0.15, -0.1) is 0 Å². The fourth-order valence-electron chi connectivity index (χ4n) is 2.77. The number of rotatable bonds is 4. The molecule has 0 radical (unpaired) electrons. The molecule has 1 atom stereocenters. The highest BCUT2D eigenvalue weighted by Crippen LogP contribution is 2.33. The summed E-state index contributed by atoms with van der Waals surface area (Å²) in [4.78, 5) is 25.3.